The summed E-state index contributed by atoms with van der Waals surface area (Å²) in [5.41, 5.74) is 2.37. The third-order valence-corrected chi connectivity index (χ3v) is 5.84. The van der Waals surface area contributed by atoms with Gasteiger partial charge in [-0.15, -0.1) is 10.2 Å². The summed E-state index contributed by atoms with van der Waals surface area (Å²) in [6, 6.07) is 8.23. The molecule has 3 aromatic heterocycles. The van der Waals surface area contributed by atoms with E-state index in [4.69, 9.17) is 0 Å². The molecule has 1 aliphatic rings. The second kappa shape index (κ2) is 7.97. The molecule has 0 amide bonds. The lowest BCUT2D eigenvalue weighted by atomic mass is 10.00. The number of nitrogens with zero attached hydrogens (tertiary/aromatic N) is 5. The summed E-state index contributed by atoms with van der Waals surface area (Å²) < 4.78 is 2.13. The molecule has 0 bridgehead atoms. The molecule has 1 aliphatic heterocycles. The molecule has 0 atom stereocenters. The van der Waals surface area contributed by atoms with Crippen molar-refractivity contribution in [3.63, 3.8) is 0 Å². The first kappa shape index (κ1) is 17.2. The Bertz CT molecular complexity index is 819. The Morgan fingerprint density at radius 1 is 1.12 bits per heavy atom. The van der Waals surface area contributed by atoms with Gasteiger partial charge in [0, 0.05) is 50.5 Å². The van der Waals surface area contributed by atoms with Crippen LogP contribution in [0, 0.1) is 5.92 Å². The van der Waals surface area contributed by atoms with E-state index < -0.39 is 0 Å². The molecule has 7 heteroatoms. The van der Waals surface area contributed by atoms with Crippen molar-refractivity contribution in [3.8, 4) is 5.13 Å². The zero-order valence-corrected chi connectivity index (χ0v) is 15.8. The van der Waals surface area contributed by atoms with Crippen LogP contribution in [0.1, 0.15) is 31.0 Å². The van der Waals surface area contributed by atoms with E-state index in [1.165, 1.54) is 24.1 Å². The van der Waals surface area contributed by atoms with Gasteiger partial charge < -0.3 is 10.2 Å². The summed E-state index contributed by atoms with van der Waals surface area (Å²) in [6.45, 7) is 6.07. The van der Waals surface area contributed by atoms with Crippen molar-refractivity contribution in [2.24, 2.45) is 5.92 Å². The minimum Gasteiger partial charge on any atom is -0.347 e. The van der Waals surface area contributed by atoms with Gasteiger partial charge in [-0.1, -0.05) is 24.3 Å². The minimum atomic E-state index is 0.776. The zero-order valence-electron chi connectivity index (χ0n) is 15.0. The monoisotopic (exact) mass is 368 g/mol. The van der Waals surface area contributed by atoms with E-state index in [9.17, 15) is 0 Å². The fourth-order valence-electron chi connectivity index (χ4n) is 3.22. The highest BCUT2D eigenvalue weighted by molar-refractivity contribution is 7.17. The molecule has 0 aliphatic carbocycles. The topological polar surface area (TPSA) is 58.9 Å². The molecule has 136 valence electrons. The molecule has 26 heavy (non-hydrogen) atoms. The Morgan fingerprint density at radius 2 is 1.96 bits per heavy atom. The van der Waals surface area contributed by atoms with Crippen molar-refractivity contribution in [1.29, 1.82) is 0 Å². The summed E-state index contributed by atoms with van der Waals surface area (Å²) in [4.78, 5) is 6.52. The molecule has 0 saturated carbocycles. The summed E-state index contributed by atoms with van der Waals surface area (Å²) in [5.74, 6) is 0.820. The normalized spacial score (nSPS) is 15.5. The first-order valence-corrected chi connectivity index (χ1v) is 9.96. The Morgan fingerprint density at radius 3 is 2.77 bits per heavy atom. The molecule has 0 aromatic carbocycles. The Labute approximate surface area is 157 Å². The van der Waals surface area contributed by atoms with Gasteiger partial charge in [0.15, 0.2) is 0 Å². The van der Waals surface area contributed by atoms with Crippen LogP contribution in [-0.2, 0) is 13.1 Å². The van der Waals surface area contributed by atoms with E-state index in [2.05, 4.69) is 61.3 Å². The number of piperidine rings is 1. The van der Waals surface area contributed by atoms with Crippen LogP contribution in [0.5, 0.6) is 0 Å². The number of rotatable bonds is 6. The molecule has 1 fully saturated rings. The van der Waals surface area contributed by atoms with E-state index in [0.29, 0.717) is 0 Å². The van der Waals surface area contributed by atoms with Gasteiger partial charge in [0.25, 0.3) is 0 Å². The predicted octanol–water partition coefficient (Wildman–Crippen LogP) is 3.25. The van der Waals surface area contributed by atoms with Crippen LogP contribution in [0.4, 0.5) is 5.13 Å². The Kier molecular flexibility index (Phi) is 5.26. The molecule has 0 unspecified atom stereocenters. The van der Waals surface area contributed by atoms with E-state index >= 15 is 0 Å². The van der Waals surface area contributed by atoms with Gasteiger partial charge in [-0.25, -0.2) is 0 Å². The van der Waals surface area contributed by atoms with E-state index in [0.717, 1.165) is 42.4 Å². The van der Waals surface area contributed by atoms with Crippen LogP contribution in [-0.4, -0.2) is 32.8 Å². The quantitative estimate of drug-likeness (QED) is 0.724. The lowest BCUT2D eigenvalue weighted by Crippen LogP contribution is -2.32. The van der Waals surface area contributed by atoms with Crippen molar-refractivity contribution >= 4 is 16.5 Å². The fourth-order valence-corrected chi connectivity index (χ4v) is 4.13. The predicted molar refractivity (Wildman–Crippen MR) is 105 cm³/mol. The van der Waals surface area contributed by atoms with Gasteiger partial charge in [-0.3, -0.25) is 9.55 Å². The molecular formula is C19H24N6S. The second-order valence-corrected chi connectivity index (χ2v) is 7.81. The number of hydrogen-bond acceptors (Lipinski definition) is 6. The smallest absolute Gasteiger partial charge is 0.218 e. The van der Waals surface area contributed by atoms with Gasteiger partial charge in [0.05, 0.1) is 0 Å². The van der Waals surface area contributed by atoms with Crippen LogP contribution in [0.2, 0.25) is 0 Å². The van der Waals surface area contributed by atoms with Crippen LogP contribution < -0.4 is 10.2 Å². The van der Waals surface area contributed by atoms with Crippen LogP contribution >= 0.6 is 11.3 Å². The number of hydrogen-bond donors (Lipinski definition) is 1. The highest BCUT2D eigenvalue weighted by atomic mass is 32.1. The lowest BCUT2D eigenvalue weighted by Gasteiger charge is -2.29. The maximum absolute atomic E-state index is 4.43. The maximum Gasteiger partial charge on any atom is 0.218 e. The standard InChI is InChI=1S/C19H24N6S/c1-15-6-10-24(11-7-15)18-22-23-19(26-18)25-9-3-5-17(25)14-21-13-16-4-2-8-20-12-16/h2-5,8-9,12,15,21H,6-7,10-11,13-14H2,1H3. The largest absolute Gasteiger partial charge is 0.347 e. The summed E-state index contributed by atoms with van der Waals surface area (Å²) in [7, 11) is 0. The third kappa shape index (κ3) is 3.94. The first-order chi connectivity index (χ1) is 12.8. The van der Waals surface area contributed by atoms with Crippen molar-refractivity contribution < 1.29 is 0 Å². The molecule has 3 aromatic rings. The maximum atomic E-state index is 4.43. The second-order valence-electron chi connectivity index (χ2n) is 6.87. The van der Waals surface area contributed by atoms with E-state index in [1.54, 1.807) is 17.5 Å². The zero-order chi connectivity index (χ0) is 17.8. The van der Waals surface area contributed by atoms with Gasteiger partial charge in [0.2, 0.25) is 10.3 Å². The van der Waals surface area contributed by atoms with Crippen molar-refractivity contribution in [2.45, 2.75) is 32.9 Å². The minimum absolute atomic E-state index is 0.776. The number of nitrogens with one attached hydrogen (secondary N) is 1. The molecular weight excluding hydrogens is 344 g/mol. The number of aromatic nitrogens is 4. The van der Waals surface area contributed by atoms with Gasteiger partial charge in [0.1, 0.15) is 0 Å². The van der Waals surface area contributed by atoms with Crippen molar-refractivity contribution in [2.75, 3.05) is 18.0 Å². The molecule has 4 heterocycles. The van der Waals surface area contributed by atoms with Crippen LogP contribution in [0.15, 0.2) is 42.9 Å². The number of pyridine rings is 1. The van der Waals surface area contributed by atoms with Crippen molar-refractivity contribution in [3.05, 3.63) is 54.1 Å². The highest BCUT2D eigenvalue weighted by Gasteiger charge is 2.20. The van der Waals surface area contributed by atoms with Crippen molar-refractivity contribution in [1.82, 2.24) is 25.1 Å². The SMILES string of the molecule is CC1CCN(c2nnc(-n3cccc3CNCc3cccnc3)s2)CC1. The average Bonchev–Trinajstić information content (AvgIpc) is 3.32. The van der Waals surface area contributed by atoms with E-state index in [1.807, 2.05) is 12.3 Å². The molecule has 4 rings (SSSR count). The van der Waals surface area contributed by atoms with Gasteiger partial charge >= 0.3 is 0 Å². The van der Waals surface area contributed by atoms with E-state index in [-0.39, 0.29) is 0 Å². The lowest BCUT2D eigenvalue weighted by molar-refractivity contribution is 0.437. The summed E-state index contributed by atoms with van der Waals surface area (Å²) >= 11 is 1.67. The molecule has 0 spiro atoms. The Hall–Kier alpha value is -2.25. The molecule has 1 saturated heterocycles. The molecule has 6 nitrogen and oxygen atoms in total. The summed E-state index contributed by atoms with van der Waals surface area (Å²) in [6.07, 6.45) is 8.22. The Balaban J connectivity index is 1.40. The van der Waals surface area contributed by atoms with Crippen LogP contribution in [0.25, 0.3) is 5.13 Å². The fraction of sp³-hybridized carbons (Fsp3) is 0.421. The van der Waals surface area contributed by atoms with Gasteiger partial charge in [-0.05, 0) is 42.5 Å². The number of anilines is 1. The first-order valence-electron chi connectivity index (χ1n) is 9.14. The third-order valence-electron chi connectivity index (χ3n) is 4.86. The van der Waals surface area contributed by atoms with Gasteiger partial charge in [-0.2, -0.15) is 0 Å². The molecule has 0 radical (unpaired) electrons. The average molecular weight is 369 g/mol. The summed E-state index contributed by atoms with van der Waals surface area (Å²) in [5, 5.41) is 14.3. The van der Waals surface area contributed by atoms with Crippen LogP contribution in [0.3, 0.4) is 0 Å². The highest BCUT2D eigenvalue weighted by Crippen LogP contribution is 2.28. The molecule has 1 N–H and O–H groups in total.